The van der Waals surface area contributed by atoms with E-state index in [1.807, 2.05) is 62.4 Å². The number of hydrogen-bond acceptors (Lipinski definition) is 4. The van der Waals surface area contributed by atoms with E-state index >= 15 is 0 Å². The first kappa shape index (κ1) is 21.9. The molecule has 2 aromatic carbocycles. The third kappa shape index (κ3) is 5.21. The standard InChI is InChI=1S/C23H28N4O2S/c1-4-14-26(15-21(28)24-18-11-7-6-10-17(18)3)22(29)16-30-23-25-19-12-8-9-13-20(19)27(23)5-2/h6-13H,4-5,14-16H2,1-3H3,(H,24,28). The molecule has 0 fully saturated rings. The van der Waals surface area contributed by atoms with Gasteiger partial charge in [0, 0.05) is 18.8 Å². The number of fused-ring (bicyclic) bond motifs is 1. The Balaban J connectivity index is 1.64. The molecule has 0 bridgehead atoms. The lowest BCUT2D eigenvalue weighted by atomic mass is 10.2. The Morgan fingerprint density at radius 3 is 2.57 bits per heavy atom. The Kier molecular flexibility index (Phi) is 7.52. The highest BCUT2D eigenvalue weighted by atomic mass is 32.2. The van der Waals surface area contributed by atoms with Gasteiger partial charge >= 0.3 is 0 Å². The second-order valence-corrected chi connectivity index (χ2v) is 8.04. The Labute approximate surface area is 181 Å². The first-order valence-corrected chi connectivity index (χ1v) is 11.2. The lowest BCUT2D eigenvalue weighted by Gasteiger charge is -2.21. The molecule has 6 nitrogen and oxygen atoms in total. The van der Waals surface area contributed by atoms with Crippen molar-refractivity contribution in [1.29, 1.82) is 0 Å². The predicted octanol–water partition coefficient (Wildman–Crippen LogP) is 4.33. The summed E-state index contributed by atoms with van der Waals surface area (Å²) in [5.41, 5.74) is 3.76. The van der Waals surface area contributed by atoms with Gasteiger partial charge in [-0.25, -0.2) is 4.98 Å². The van der Waals surface area contributed by atoms with E-state index in [1.54, 1.807) is 4.90 Å². The molecule has 0 spiro atoms. The van der Waals surface area contributed by atoms with E-state index in [0.29, 0.717) is 6.54 Å². The van der Waals surface area contributed by atoms with E-state index in [4.69, 9.17) is 0 Å². The summed E-state index contributed by atoms with van der Waals surface area (Å²) in [4.78, 5) is 31.7. The molecule has 0 saturated carbocycles. The van der Waals surface area contributed by atoms with Crippen molar-refractivity contribution >= 4 is 40.3 Å². The highest BCUT2D eigenvalue weighted by Crippen LogP contribution is 2.24. The average molecular weight is 425 g/mol. The summed E-state index contributed by atoms with van der Waals surface area (Å²) >= 11 is 1.42. The molecule has 0 radical (unpaired) electrons. The predicted molar refractivity (Wildman–Crippen MR) is 123 cm³/mol. The maximum atomic E-state index is 12.9. The number of imidazole rings is 1. The van der Waals surface area contributed by atoms with Crippen molar-refractivity contribution in [2.24, 2.45) is 0 Å². The van der Waals surface area contributed by atoms with Crippen LogP contribution in [0.3, 0.4) is 0 Å². The summed E-state index contributed by atoms with van der Waals surface area (Å²) in [5, 5.41) is 3.73. The van der Waals surface area contributed by atoms with E-state index in [2.05, 4.69) is 21.8 Å². The molecule has 0 unspecified atom stereocenters. The molecular formula is C23H28N4O2S. The van der Waals surface area contributed by atoms with Crippen molar-refractivity contribution < 1.29 is 9.59 Å². The first-order valence-electron chi connectivity index (χ1n) is 10.2. The molecule has 0 aliphatic heterocycles. The van der Waals surface area contributed by atoms with Crippen molar-refractivity contribution in [3.8, 4) is 0 Å². The zero-order chi connectivity index (χ0) is 21.5. The quantitative estimate of drug-likeness (QED) is 0.519. The van der Waals surface area contributed by atoms with Crippen LogP contribution in [0.5, 0.6) is 0 Å². The number of anilines is 1. The van der Waals surface area contributed by atoms with Crippen molar-refractivity contribution in [3.05, 3.63) is 54.1 Å². The van der Waals surface area contributed by atoms with Crippen molar-refractivity contribution in [3.63, 3.8) is 0 Å². The Hall–Kier alpha value is -2.80. The van der Waals surface area contributed by atoms with E-state index < -0.39 is 0 Å². The third-order valence-electron chi connectivity index (χ3n) is 4.86. The normalized spacial score (nSPS) is 10.9. The number of thioether (sulfide) groups is 1. The number of nitrogens with one attached hydrogen (secondary N) is 1. The van der Waals surface area contributed by atoms with E-state index in [9.17, 15) is 9.59 Å². The van der Waals surface area contributed by atoms with Gasteiger partial charge in [-0.05, 0) is 44.0 Å². The van der Waals surface area contributed by atoms with Crippen LogP contribution in [-0.2, 0) is 16.1 Å². The van der Waals surface area contributed by atoms with E-state index in [-0.39, 0.29) is 24.1 Å². The van der Waals surface area contributed by atoms with Gasteiger partial charge in [-0.1, -0.05) is 49.0 Å². The maximum absolute atomic E-state index is 12.9. The van der Waals surface area contributed by atoms with Crippen LogP contribution in [0.2, 0.25) is 0 Å². The van der Waals surface area contributed by atoms with Crippen LogP contribution in [0.4, 0.5) is 5.69 Å². The van der Waals surface area contributed by atoms with Gasteiger partial charge in [0.15, 0.2) is 5.16 Å². The SMILES string of the molecule is CCCN(CC(=O)Nc1ccccc1C)C(=O)CSc1nc2ccccc2n1CC. The Morgan fingerprint density at radius 2 is 1.83 bits per heavy atom. The summed E-state index contributed by atoms with van der Waals surface area (Å²) in [6.07, 6.45) is 0.793. The molecule has 1 N–H and O–H groups in total. The van der Waals surface area contributed by atoms with Gasteiger partial charge in [0.05, 0.1) is 23.3 Å². The largest absolute Gasteiger partial charge is 0.333 e. The molecule has 2 amide bonds. The number of nitrogens with zero attached hydrogens (tertiary/aromatic N) is 3. The fourth-order valence-electron chi connectivity index (χ4n) is 3.32. The van der Waals surface area contributed by atoms with Gasteiger partial charge in [-0.2, -0.15) is 0 Å². The molecule has 158 valence electrons. The van der Waals surface area contributed by atoms with Gasteiger partial charge in [0.25, 0.3) is 0 Å². The van der Waals surface area contributed by atoms with Crippen LogP contribution < -0.4 is 5.32 Å². The molecule has 7 heteroatoms. The summed E-state index contributed by atoms with van der Waals surface area (Å²) in [6.45, 7) is 7.40. The molecule has 3 rings (SSSR count). The highest BCUT2D eigenvalue weighted by Gasteiger charge is 2.19. The van der Waals surface area contributed by atoms with Gasteiger partial charge in [0.2, 0.25) is 11.8 Å². The minimum atomic E-state index is -0.183. The topological polar surface area (TPSA) is 67.2 Å². The summed E-state index contributed by atoms with van der Waals surface area (Å²) in [6, 6.07) is 15.6. The molecule has 1 heterocycles. The lowest BCUT2D eigenvalue weighted by molar-refractivity contribution is -0.132. The number of amides is 2. The minimum Gasteiger partial charge on any atom is -0.333 e. The highest BCUT2D eigenvalue weighted by molar-refractivity contribution is 7.99. The zero-order valence-corrected chi connectivity index (χ0v) is 18.5. The van der Waals surface area contributed by atoms with Gasteiger partial charge < -0.3 is 14.8 Å². The third-order valence-corrected chi connectivity index (χ3v) is 5.82. The number of hydrogen-bond donors (Lipinski definition) is 1. The summed E-state index contributed by atoms with van der Waals surface area (Å²) < 4.78 is 2.11. The van der Waals surface area contributed by atoms with Crippen molar-refractivity contribution in [2.75, 3.05) is 24.2 Å². The number of carbonyl (C=O) groups is 2. The molecule has 3 aromatic rings. The Morgan fingerprint density at radius 1 is 1.10 bits per heavy atom. The number of carbonyl (C=O) groups excluding carboxylic acids is 2. The van der Waals surface area contributed by atoms with E-state index in [1.165, 1.54) is 11.8 Å². The molecule has 0 saturated heterocycles. The number of rotatable bonds is 9. The zero-order valence-electron chi connectivity index (χ0n) is 17.7. The number of aromatic nitrogens is 2. The Bertz CT molecular complexity index is 1030. The van der Waals surface area contributed by atoms with Crippen molar-refractivity contribution in [2.45, 2.75) is 38.9 Å². The van der Waals surface area contributed by atoms with Crippen molar-refractivity contribution in [1.82, 2.24) is 14.5 Å². The fourth-order valence-corrected chi connectivity index (χ4v) is 4.31. The molecule has 0 aliphatic carbocycles. The van der Waals surface area contributed by atoms with Crippen LogP contribution in [0.1, 0.15) is 25.8 Å². The fraction of sp³-hybridized carbons (Fsp3) is 0.348. The lowest BCUT2D eigenvalue weighted by Crippen LogP contribution is -2.39. The summed E-state index contributed by atoms with van der Waals surface area (Å²) in [5.74, 6) is 0.00873. The molecule has 30 heavy (non-hydrogen) atoms. The minimum absolute atomic E-state index is 0.0474. The monoisotopic (exact) mass is 424 g/mol. The molecule has 0 aliphatic rings. The van der Waals surface area contributed by atoms with E-state index in [0.717, 1.165) is 40.4 Å². The summed E-state index contributed by atoms with van der Waals surface area (Å²) in [7, 11) is 0. The molecule has 0 atom stereocenters. The maximum Gasteiger partial charge on any atom is 0.244 e. The number of aryl methyl sites for hydroxylation is 2. The number of para-hydroxylation sites is 3. The molecule has 1 aromatic heterocycles. The van der Waals surface area contributed by atoms with Crippen LogP contribution in [-0.4, -0.2) is 45.1 Å². The second-order valence-electron chi connectivity index (χ2n) is 7.09. The first-order chi connectivity index (χ1) is 14.5. The average Bonchev–Trinajstić information content (AvgIpc) is 3.10. The molecular weight excluding hydrogens is 396 g/mol. The van der Waals surface area contributed by atoms with Crippen LogP contribution in [0.25, 0.3) is 11.0 Å². The van der Waals surface area contributed by atoms with Gasteiger partial charge in [0.1, 0.15) is 0 Å². The number of benzene rings is 2. The smallest absolute Gasteiger partial charge is 0.244 e. The van der Waals surface area contributed by atoms with Crippen LogP contribution in [0, 0.1) is 6.92 Å². The second kappa shape index (κ2) is 10.3. The van der Waals surface area contributed by atoms with Gasteiger partial charge in [-0.15, -0.1) is 0 Å². The van der Waals surface area contributed by atoms with Crippen LogP contribution in [0.15, 0.2) is 53.7 Å². The van der Waals surface area contributed by atoms with Gasteiger partial charge in [-0.3, -0.25) is 9.59 Å². The van der Waals surface area contributed by atoms with Crippen LogP contribution >= 0.6 is 11.8 Å².